The second-order valence-corrected chi connectivity index (χ2v) is 5.33. The Kier molecular flexibility index (Phi) is 5.34. The van der Waals surface area contributed by atoms with Crippen LogP contribution < -0.4 is 5.32 Å². The number of rotatable bonds is 6. The molecule has 1 aromatic carbocycles. The fourth-order valence-corrected chi connectivity index (χ4v) is 3.15. The third kappa shape index (κ3) is 3.34. The molecule has 2 nitrogen and oxygen atoms in total. The summed E-state index contributed by atoms with van der Waals surface area (Å²) in [6.07, 6.45) is 3.24. The fraction of sp³-hybridized carbons (Fsp3) is 0.625. The van der Waals surface area contributed by atoms with Gasteiger partial charge in [0.1, 0.15) is 5.82 Å². The lowest BCUT2D eigenvalue weighted by atomic mass is 9.99. The zero-order valence-electron chi connectivity index (χ0n) is 12.0. The van der Waals surface area contributed by atoms with Crippen LogP contribution in [0.5, 0.6) is 0 Å². The van der Waals surface area contributed by atoms with Crippen molar-refractivity contribution in [2.45, 2.75) is 45.2 Å². The van der Waals surface area contributed by atoms with Crippen molar-refractivity contribution < 1.29 is 4.39 Å². The standard InChI is InChI=1S/C16H25FN2/c1-3-11-19(13-9-10-18-12-13)16(4-2)14-7-5-6-8-15(14)17/h5-8,13,16,18H,3-4,9-12H2,1-2H3. The van der Waals surface area contributed by atoms with Crippen molar-refractivity contribution in [3.05, 3.63) is 35.6 Å². The van der Waals surface area contributed by atoms with Crippen LogP contribution in [-0.4, -0.2) is 30.6 Å². The first kappa shape index (κ1) is 14.5. The molecular weight excluding hydrogens is 239 g/mol. The van der Waals surface area contributed by atoms with Gasteiger partial charge < -0.3 is 5.32 Å². The van der Waals surface area contributed by atoms with Crippen LogP contribution in [0.15, 0.2) is 24.3 Å². The summed E-state index contributed by atoms with van der Waals surface area (Å²) < 4.78 is 14.1. The van der Waals surface area contributed by atoms with Crippen molar-refractivity contribution >= 4 is 0 Å². The fourth-order valence-electron chi connectivity index (χ4n) is 3.15. The molecule has 1 aliphatic rings. The van der Waals surface area contributed by atoms with Gasteiger partial charge in [0.05, 0.1) is 0 Å². The maximum atomic E-state index is 14.1. The van der Waals surface area contributed by atoms with Gasteiger partial charge in [0.15, 0.2) is 0 Å². The SMILES string of the molecule is CCCN(C1CCNC1)C(CC)c1ccccc1F. The Hall–Kier alpha value is -0.930. The first-order valence-electron chi connectivity index (χ1n) is 7.48. The van der Waals surface area contributed by atoms with E-state index < -0.39 is 0 Å². The van der Waals surface area contributed by atoms with E-state index in [1.54, 1.807) is 12.1 Å². The van der Waals surface area contributed by atoms with E-state index in [4.69, 9.17) is 0 Å². The highest BCUT2D eigenvalue weighted by Gasteiger charge is 2.29. The summed E-state index contributed by atoms with van der Waals surface area (Å²) in [5.74, 6) is -0.0681. The predicted octanol–water partition coefficient (Wildman–Crippen LogP) is 3.35. The topological polar surface area (TPSA) is 15.3 Å². The summed E-state index contributed by atoms with van der Waals surface area (Å²) in [4.78, 5) is 2.50. The van der Waals surface area contributed by atoms with Crippen LogP contribution in [0.1, 0.15) is 44.7 Å². The average molecular weight is 264 g/mol. The molecule has 0 saturated carbocycles. The molecule has 0 aliphatic carbocycles. The second kappa shape index (κ2) is 7.01. The Bertz CT molecular complexity index is 388. The van der Waals surface area contributed by atoms with Gasteiger partial charge in [-0.1, -0.05) is 32.0 Å². The normalized spacial score (nSPS) is 20.9. The third-order valence-corrected chi connectivity index (χ3v) is 4.04. The van der Waals surface area contributed by atoms with Crippen molar-refractivity contribution in [3.63, 3.8) is 0 Å². The summed E-state index contributed by atoms with van der Waals surface area (Å²) in [6, 6.07) is 7.98. The van der Waals surface area contributed by atoms with E-state index in [9.17, 15) is 4.39 Å². The van der Waals surface area contributed by atoms with Crippen LogP contribution in [-0.2, 0) is 0 Å². The molecule has 3 heteroatoms. The molecule has 0 aromatic heterocycles. The highest BCUT2D eigenvalue weighted by Crippen LogP contribution is 2.29. The number of benzene rings is 1. The lowest BCUT2D eigenvalue weighted by Gasteiger charge is -2.36. The van der Waals surface area contributed by atoms with Crippen molar-refractivity contribution in [2.24, 2.45) is 0 Å². The monoisotopic (exact) mass is 264 g/mol. The number of nitrogens with zero attached hydrogens (tertiary/aromatic N) is 1. The number of nitrogens with one attached hydrogen (secondary N) is 1. The number of halogens is 1. The smallest absolute Gasteiger partial charge is 0.127 e. The van der Waals surface area contributed by atoms with E-state index in [1.807, 2.05) is 12.1 Å². The summed E-state index contributed by atoms with van der Waals surface area (Å²) >= 11 is 0. The maximum absolute atomic E-state index is 14.1. The van der Waals surface area contributed by atoms with Crippen LogP contribution in [0.3, 0.4) is 0 Å². The Labute approximate surface area is 116 Å². The van der Waals surface area contributed by atoms with Crippen molar-refractivity contribution in [2.75, 3.05) is 19.6 Å². The Balaban J connectivity index is 2.23. The Morgan fingerprint density at radius 1 is 1.37 bits per heavy atom. The average Bonchev–Trinajstić information content (AvgIpc) is 2.94. The largest absolute Gasteiger partial charge is 0.315 e. The zero-order chi connectivity index (χ0) is 13.7. The third-order valence-electron chi connectivity index (χ3n) is 4.04. The summed E-state index contributed by atoms with van der Waals surface area (Å²) in [5.41, 5.74) is 0.852. The van der Waals surface area contributed by atoms with Crippen molar-refractivity contribution in [1.82, 2.24) is 10.2 Å². The molecule has 2 rings (SSSR count). The van der Waals surface area contributed by atoms with Gasteiger partial charge in [-0.15, -0.1) is 0 Å². The molecule has 2 atom stereocenters. The molecule has 2 unspecified atom stereocenters. The molecule has 0 bridgehead atoms. The Morgan fingerprint density at radius 2 is 2.16 bits per heavy atom. The predicted molar refractivity (Wildman–Crippen MR) is 77.7 cm³/mol. The molecule has 1 aliphatic heterocycles. The minimum Gasteiger partial charge on any atom is -0.315 e. The molecule has 1 fully saturated rings. The van der Waals surface area contributed by atoms with E-state index in [1.165, 1.54) is 6.42 Å². The van der Waals surface area contributed by atoms with Gasteiger partial charge in [0, 0.05) is 24.2 Å². The molecule has 19 heavy (non-hydrogen) atoms. The highest BCUT2D eigenvalue weighted by atomic mass is 19.1. The van der Waals surface area contributed by atoms with Crippen molar-refractivity contribution in [3.8, 4) is 0 Å². The van der Waals surface area contributed by atoms with E-state index in [-0.39, 0.29) is 11.9 Å². The van der Waals surface area contributed by atoms with Gasteiger partial charge in [-0.25, -0.2) is 4.39 Å². The highest BCUT2D eigenvalue weighted by molar-refractivity contribution is 5.21. The molecule has 106 valence electrons. The van der Waals surface area contributed by atoms with E-state index in [0.29, 0.717) is 6.04 Å². The van der Waals surface area contributed by atoms with E-state index in [0.717, 1.165) is 38.0 Å². The van der Waals surface area contributed by atoms with Crippen LogP contribution in [0.2, 0.25) is 0 Å². The molecule has 0 radical (unpaired) electrons. The molecule has 1 N–H and O–H groups in total. The Morgan fingerprint density at radius 3 is 2.74 bits per heavy atom. The molecule has 1 aromatic rings. The molecule has 0 spiro atoms. The lowest BCUT2D eigenvalue weighted by Crippen LogP contribution is -2.40. The van der Waals surface area contributed by atoms with Crippen LogP contribution in [0.25, 0.3) is 0 Å². The van der Waals surface area contributed by atoms with Crippen LogP contribution >= 0.6 is 0 Å². The molecule has 1 heterocycles. The van der Waals surface area contributed by atoms with Crippen molar-refractivity contribution in [1.29, 1.82) is 0 Å². The van der Waals surface area contributed by atoms with E-state index >= 15 is 0 Å². The number of hydrogen-bond donors (Lipinski definition) is 1. The minimum absolute atomic E-state index is 0.0681. The van der Waals surface area contributed by atoms with Gasteiger partial charge in [-0.2, -0.15) is 0 Å². The minimum atomic E-state index is -0.0681. The van der Waals surface area contributed by atoms with Gasteiger partial charge in [-0.3, -0.25) is 4.90 Å². The first-order valence-corrected chi connectivity index (χ1v) is 7.48. The zero-order valence-corrected chi connectivity index (χ0v) is 12.0. The first-order chi connectivity index (χ1) is 9.27. The quantitative estimate of drug-likeness (QED) is 0.847. The van der Waals surface area contributed by atoms with Gasteiger partial charge >= 0.3 is 0 Å². The second-order valence-electron chi connectivity index (χ2n) is 5.33. The molecule has 0 amide bonds. The van der Waals surface area contributed by atoms with Crippen LogP contribution in [0, 0.1) is 5.82 Å². The van der Waals surface area contributed by atoms with Gasteiger partial charge in [0.25, 0.3) is 0 Å². The molecule has 1 saturated heterocycles. The summed E-state index contributed by atoms with van der Waals surface area (Å²) in [5, 5.41) is 3.42. The summed E-state index contributed by atoms with van der Waals surface area (Å²) in [6.45, 7) is 7.51. The van der Waals surface area contributed by atoms with E-state index in [2.05, 4.69) is 24.1 Å². The summed E-state index contributed by atoms with van der Waals surface area (Å²) in [7, 11) is 0. The number of hydrogen-bond acceptors (Lipinski definition) is 2. The van der Waals surface area contributed by atoms with Gasteiger partial charge in [0.2, 0.25) is 0 Å². The molecular formula is C16H25FN2. The van der Waals surface area contributed by atoms with Gasteiger partial charge in [-0.05, 0) is 38.4 Å². The maximum Gasteiger partial charge on any atom is 0.127 e. The lowest BCUT2D eigenvalue weighted by molar-refractivity contribution is 0.136. The van der Waals surface area contributed by atoms with Crippen LogP contribution in [0.4, 0.5) is 4.39 Å².